The number of urea groups is 1. The van der Waals surface area contributed by atoms with Crippen molar-refractivity contribution in [3.05, 3.63) is 107 Å². The fourth-order valence-corrected chi connectivity index (χ4v) is 3.98. The van der Waals surface area contributed by atoms with Crippen molar-refractivity contribution in [3.8, 4) is 11.4 Å². The molecule has 1 unspecified atom stereocenters. The summed E-state index contributed by atoms with van der Waals surface area (Å²) in [6.45, 7) is 1.56. The highest BCUT2D eigenvalue weighted by Crippen LogP contribution is 2.39. The van der Waals surface area contributed by atoms with Crippen molar-refractivity contribution < 1.29 is 26.9 Å². The molecule has 35 heavy (non-hydrogen) atoms. The lowest BCUT2D eigenvalue weighted by Crippen LogP contribution is -2.46. The van der Waals surface area contributed by atoms with E-state index in [2.05, 4.69) is 15.5 Å². The zero-order valence-corrected chi connectivity index (χ0v) is 18.1. The molecule has 4 aromatic rings. The average molecular weight is 480 g/mol. The first-order chi connectivity index (χ1) is 16.8. The van der Waals surface area contributed by atoms with E-state index in [1.165, 1.54) is 42.5 Å². The van der Waals surface area contributed by atoms with Gasteiger partial charge in [-0.3, -0.25) is 4.90 Å². The molecule has 0 saturated heterocycles. The van der Waals surface area contributed by atoms with Crippen LogP contribution in [0.15, 0.2) is 77.0 Å². The van der Waals surface area contributed by atoms with Crippen molar-refractivity contribution in [1.29, 1.82) is 0 Å². The number of halogens is 4. The number of rotatable bonds is 4. The summed E-state index contributed by atoms with van der Waals surface area (Å²) in [5.74, 6) is -2.61. The highest BCUT2D eigenvalue weighted by atomic mass is 19.1. The van der Waals surface area contributed by atoms with E-state index in [9.17, 15) is 22.4 Å². The van der Waals surface area contributed by atoms with E-state index in [4.69, 9.17) is 4.52 Å². The maximum atomic E-state index is 13.9. The fourth-order valence-electron chi connectivity index (χ4n) is 3.98. The first-order valence-corrected chi connectivity index (χ1v) is 10.4. The normalized spacial score (nSPS) is 16.0. The van der Waals surface area contributed by atoms with Crippen molar-refractivity contribution in [1.82, 2.24) is 15.5 Å². The largest absolute Gasteiger partial charge is 0.334 e. The number of hydrogen-bond donors (Lipinski definition) is 1. The van der Waals surface area contributed by atoms with Gasteiger partial charge in [-0.05, 0) is 48.9 Å². The second kappa shape index (κ2) is 8.71. The lowest BCUT2D eigenvalue weighted by molar-refractivity contribution is 0.244. The van der Waals surface area contributed by atoms with E-state index < -0.39 is 35.3 Å². The van der Waals surface area contributed by atoms with Crippen molar-refractivity contribution in [2.75, 3.05) is 4.90 Å². The summed E-state index contributed by atoms with van der Waals surface area (Å²) in [5, 5.41) is 6.68. The molecule has 2 heterocycles. The number of allylic oxidation sites excluding steroid dienone is 1. The summed E-state index contributed by atoms with van der Waals surface area (Å²) in [4.78, 5) is 18.5. The third-order valence-electron chi connectivity index (χ3n) is 5.53. The van der Waals surface area contributed by atoms with Crippen LogP contribution in [0.25, 0.3) is 17.0 Å². The van der Waals surface area contributed by atoms with E-state index in [0.29, 0.717) is 22.8 Å². The number of aromatic nitrogens is 2. The first kappa shape index (κ1) is 22.3. The molecule has 2 amide bonds. The molecule has 3 aromatic carbocycles. The molecule has 10 heteroatoms. The predicted octanol–water partition coefficient (Wildman–Crippen LogP) is 6.00. The van der Waals surface area contributed by atoms with Crippen molar-refractivity contribution >= 4 is 17.3 Å². The molecule has 0 aliphatic carbocycles. The molecule has 0 bridgehead atoms. The molecule has 1 aliphatic heterocycles. The molecule has 5 rings (SSSR count). The number of hydrogen-bond acceptors (Lipinski definition) is 4. The number of nitrogens with one attached hydrogen (secondary N) is 1. The lowest BCUT2D eigenvalue weighted by Gasteiger charge is -2.35. The third kappa shape index (κ3) is 4.25. The summed E-state index contributed by atoms with van der Waals surface area (Å²) in [6.07, 6.45) is 0. The average Bonchev–Trinajstić information content (AvgIpc) is 3.28. The summed E-state index contributed by atoms with van der Waals surface area (Å²) in [5.41, 5.74) is 1.38. The Kier molecular flexibility index (Phi) is 5.56. The molecule has 6 nitrogen and oxygen atoms in total. The molecule has 0 saturated carbocycles. The van der Waals surface area contributed by atoms with Gasteiger partial charge in [-0.1, -0.05) is 29.4 Å². The maximum absolute atomic E-state index is 13.9. The molecule has 0 spiro atoms. The monoisotopic (exact) mass is 480 g/mol. The minimum Gasteiger partial charge on any atom is -0.334 e. The number of carbonyl (C=O) groups is 1. The van der Waals surface area contributed by atoms with E-state index >= 15 is 0 Å². The summed E-state index contributed by atoms with van der Waals surface area (Å²) in [6, 6.07) is 12.2. The number of carbonyl (C=O) groups excluding carboxylic acids is 1. The van der Waals surface area contributed by atoms with Gasteiger partial charge in [0.25, 0.3) is 5.89 Å². The van der Waals surface area contributed by atoms with Gasteiger partial charge in [0.15, 0.2) is 0 Å². The quantitative estimate of drug-likeness (QED) is 0.364. The molecule has 176 valence electrons. The van der Waals surface area contributed by atoms with Crippen LogP contribution in [-0.4, -0.2) is 16.2 Å². The SMILES string of the molecule is CC1=C(c2nc(-c3cccc(F)c3)no2)C(c2ccc(F)cc2)NC(=O)N1c1cc(F)cc(F)c1. The van der Waals surface area contributed by atoms with E-state index in [1.807, 2.05) is 0 Å². The van der Waals surface area contributed by atoms with Gasteiger partial charge in [0.1, 0.15) is 23.3 Å². The van der Waals surface area contributed by atoms with Gasteiger partial charge in [-0.25, -0.2) is 22.4 Å². The Morgan fingerprint density at radius 3 is 2.29 bits per heavy atom. The minimum absolute atomic E-state index is 0.0158. The van der Waals surface area contributed by atoms with Crippen LogP contribution in [0.4, 0.5) is 28.0 Å². The molecule has 0 fully saturated rings. The molecule has 1 atom stereocenters. The van der Waals surface area contributed by atoms with Gasteiger partial charge in [0.05, 0.1) is 17.3 Å². The summed E-state index contributed by atoms with van der Waals surface area (Å²) >= 11 is 0. The van der Waals surface area contributed by atoms with Gasteiger partial charge in [0, 0.05) is 17.3 Å². The Morgan fingerprint density at radius 1 is 0.886 bits per heavy atom. The first-order valence-electron chi connectivity index (χ1n) is 10.4. The Labute approximate surface area is 196 Å². The molecule has 1 N–H and O–H groups in total. The van der Waals surface area contributed by atoms with Crippen LogP contribution in [0, 0.1) is 23.3 Å². The molecule has 1 aliphatic rings. The highest BCUT2D eigenvalue weighted by molar-refractivity contribution is 6.01. The second-order valence-corrected chi connectivity index (χ2v) is 7.83. The summed E-state index contributed by atoms with van der Waals surface area (Å²) < 4.78 is 60.6. The minimum atomic E-state index is -0.867. The number of amides is 2. The van der Waals surface area contributed by atoms with Crippen LogP contribution in [0.5, 0.6) is 0 Å². The molecule has 0 radical (unpaired) electrons. The third-order valence-corrected chi connectivity index (χ3v) is 5.53. The van der Waals surface area contributed by atoms with Crippen molar-refractivity contribution in [3.63, 3.8) is 0 Å². The van der Waals surface area contributed by atoms with E-state index in [1.54, 1.807) is 13.0 Å². The van der Waals surface area contributed by atoms with Crippen LogP contribution in [0.3, 0.4) is 0 Å². The van der Waals surface area contributed by atoms with E-state index in [-0.39, 0.29) is 23.1 Å². The molecular formula is C25H16F4N4O2. The predicted molar refractivity (Wildman–Crippen MR) is 119 cm³/mol. The van der Waals surface area contributed by atoms with E-state index in [0.717, 1.165) is 17.0 Å². The Bertz CT molecular complexity index is 1450. The van der Waals surface area contributed by atoms with Gasteiger partial charge >= 0.3 is 6.03 Å². The second-order valence-electron chi connectivity index (χ2n) is 7.83. The van der Waals surface area contributed by atoms with Crippen LogP contribution in [0.1, 0.15) is 24.4 Å². The van der Waals surface area contributed by atoms with Crippen LogP contribution < -0.4 is 10.2 Å². The number of nitrogens with zero attached hydrogens (tertiary/aromatic N) is 3. The zero-order valence-electron chi connectivity index (χ0n) is 18.1. The van der Waals surface area contributed by atoms with Crippen LogP contribution in [0.2, 0.25) is 0 Å². The number of benzene rings is 3. The van der Waals surface area contributed by atoms with Crippen molar-refractivity contribution in [2.24, 2.45) is 0 Å². The standard InChI is InChI=1S/C25H16F4N4O2/c1-13-21(24-31-23(32-35-24)15-3-2-4-17(27)9-15)22(14-5-7-16(26)8-6-14)30-25(34)33(13)20-11-18(28)10-19(29)12-20/h2-12,22H,1H3,(H,30,34). The van der Waals surface area contributed by atoms with Gasteiger partial charge in [-0.15, -0.1) is 0 Å². The lowest BCUT2D eigenvalue weighted by atomic mass is 9.94. The van der Waals surface area contributed by atoms with Crippen LogP contribution in [-0.2, 0) is 0 Å². The molecular weight excluding hydrogens is 464 g/mol. The topological polar surface area (TPSA) is 71.3 Å². The van der Waals surface area contributed by atoms with Crippen LogP contribution >= 0.6 is 0 Å². The van der Waals surface area contributed by atoms with Gasteiger partial charge in [-0.2, -0.15) is 4.98 Å². The van der Waals surface area contributed by atoms with Crippen molar-refractivity contribution in [2.45, 2.75) is 13.0 Å². The Hall–Kier alpha value is -4.47. The van der Waals surface area contributed by atoms with Gasteiger partial charge in [0.2, 0.25) is 5.82 Å². The Morgan fingerprint density at radius 2 is 1.60 bits per heavy atom. The number of anilines is 1. The fraction of sp³-hybridized carbons (Fsp3) is 0.0800. The smallest absolute Gasteiger partial charge is 0.327 e. The summed E-state index contributed by atoms with van der Waals surface area (Å²) in [7, 11) is 0. The zero-order chi connectivity index (χ0) is 24.7. The highest BCUT2D eigenvalue weighted by Gasteiger charge is 2.36. The van der Waals surface area contributed by atoms with Gasteiger partial charge < -0.3 is 9.84 Å². The maximum Gasteiger partial charge on any atom is 0.327 e. The Balaban J connectivity index is 1.67. The molecule has 1 aromatic heterocycles.